The van der Waals surface area contributed by atoms with Crippen molar-refractivity contribution in [3.8, 4) is 22.9 Å². The Labute approximate surface area is 212 Å². The van der Waals surface area contributed by atoms with Crippen LogP contribution in [0.2, 0.25) is 15.1 Å². The van der Waals surface area contributed by atoms with Gasteiger partial charge in [-0.05, 0) is 60.9 Å². The molecule has 1 aliphatic carbocycles. The molecule has 1 N–H and O–H groups in total. The van der Waals surface area contributed by atoms with Crippen LogP contribution in [0.15, 0.2) is 71.1 Å². The Hall–Kier alpha value is -2.86. The van der Waals surface area contributed by atoms with Gasteiger partial charge in [-0.2, -0.15) is 0 Å². The molecule has 172 valence electrons. The van der Waals surface area contributed by atoms with Crippen LogP contribution in [0.1, 0.15) is 31.2 Å². The summed E-state index contributed by atoms with van der Waals surface area (Å²) in [6, 6.07) is 20.1. The summed E-state index contributed by atoms with van der Waals surface area (Å²) < 4.78 is 5.93. The summed E-state index contributed by atoms with van der Waals surface area (Å²) in [6.07, 6.45) is 3.55. The number of aromatic nitrogens is 2. The van der Waals surface area contributed by atoms with E-state index in [1.165, 1.54) is 0 Å². The smallest absolute Gasteiger partial charge is 0.250 e. The predicted molar refractivity (Wildman–Crippen MR) is 135 cm³/mol. The standard InChI is InChI=1S/C26H20Cl3N3O2/c27-18-10-8-17(9-11-18)26(13-3-4-14-26)25(33)30-22-6-2-1-5-19(22)24-32-31-23(34-24)16-7-12-20(28)21(29)15-16/h1-2,5-12,15H,3-4,13-14H2,(H,30,33). The molecule has 34 heavy (non-hydrogen) atoms. The van der Waals surface area contributed by atoms with E-state index in [1.54, 1.807) is 18.2 Å². The number of carbonyl (C=O) groups excluding carboxylic acids is 1. The second-order valence-corrected chi connectivity index (χ2v) is 9.59. The van der Waals surface area contributed by atoms with Crippen LogP contribution in [-0.4, -0.2) is 16.1 Å². The first-order chi connectivity index (χ1) is 16.5. The number of nitrogens with zero attached hydrogens (tertiary/aromatic N) is 2. The van der Waals surface area contributed by atoms with Gasteiger partial charge in [0.2, 0.25) is 17.7 Å². The molecule has 0 spiro atoms. The van der Waals surface area contributed by atoms with E-state index in [0.29, 0.717) is 43.7 Å². The number of halogens is 3. The first-order valence-corrected chi connectivity index (χ1v) is 12.1. The van der Waals surface area contributed by atoms with Gasteiger partial charge in [-0.25, -0.2) is 0 Å². The SMILES string of the molecule is O=C(Nc1ccccc1-c1nnc(-c2ccc(Cl)c(Cl)c2)o1)C1(c2ccc(Cl)cc2)CCCC1. The Morgan fingerprint density at radius 1 is 0.853 bits per heavy atom. The molecule has 1 amide bonds. The topological polar surface area (TPSA) is 68.0 Å². The Balaban J connectivity index is 1.46. The maximum absolute atomic E-state index is 13.7. The molecule has 0 bridgehead atoms. The normalized spacial score (nSPS) is 14.8. The number of benzene rings is 3. The predicted octanol–water partition coefficient (Wildman–Crippen LogP) is 7.81. The van der Waals surface area contributed by atoms with Crippen LogP contribution in [0.5, 0.6) is 0 Å². The minimum absolute atomic E-state index is 0.0519. The highest BCUT2D eigenvalue weighted by Gasteiger charge is 2.43. The van der Waals surface area contributed by atoms with Crippen LogP contribution in [-0.2, 0) is 10.2 Å². The van der Waals surface area contributed by atoms with Crippen molar-refractivity contribution in [1.82, 2.24) is 10.2 Å². The minimum atomic E-state index is -0.599. The molecule has 3 aromatic carbocycles. The summed E-state index contributed by atoms with van der Waals surface area (Å²) in [5.41, 5.74) is 2.28. The molecule has 4 aromatic rings. The van der Waals surface area contributed by atoms with E-state index in [1.807, 2.05) is 48.5 Å². The third-order valence-electron chi connectivity index (χ3n) is 6.29. The molecule has 1 heterocycles. The summed E-state index contributed by atoms with van der Waals surface area (Å²) >= 11 is 18.2. The van der Waals surface area contributed by atoms with Gasteiger partial charge in [0.15, 0.2) is 0 Å². The molecule has 0 aliphatic heterocycles. The molecular formula is C26H20Cl3N3O2. The Morgan fingerprint density at radius 2 is 1.56 bits per heavy atom. The quantitative estimate of drug-likeness (QED) is 0.296. The molecule has 0 saturated heterocycles. The van der Waals surface area contributed by atoms with Crippen molar-refractivity contribution < 1.29 is 9.21 Å². The fourth-order valence-corrected chi connectivity index (χ4v) is 4.92. The molecule has 0 atom stereocenters. The van der Waals surface area contributed by atoms with Gasteiger partial charge >= 0.3 is 0 Å². The average molecular weight is 513 g/mol. The van der Waals surface area contributed by atoms with E-state index >= 15 is 0 Å². The van der Waals surface area contributed by atoms with Crippen LogP contribution < -0.4 is 5.32 Å². The second-order valence-electron chi connectivity index (χ2n) is 8.34. The highest BCUT2D eigenvalue weighted by Crippen LogP contribution is 2.43. The van der Waals surface area contributed by atoms with Crippen LogP contribution in [0.25, 0.3) is 22.9 Å². The lowest BCUT2D eigenvalue weighted by molar-refractivity contribution is -0.121. The van der Waals surface area contributed by atoms with Gasteiger partial charge in [0.05, 0.1) is 26.7 Å². The number of rotatable bonds is 5. The highest BCUT2D eigenvalue weighted by atomic mass is 35.5. The van der Waals surface area contributed by atoms with Crippen molar-refractivity contribution in [1.29, 1.82) is 0 Å². The fraction of sp³-hybridized carbons (Fsp3) is 0.192. The number of para-hydroxylation sites is 1. The summed E-state index contributed by atoms with van der Waals surface area (Å²) in [4.78, 5) is 13.7. The largest absolute Gasteiger partial charge is 0.416 e. The maximum Gasteiger partial charge on any atom is 0.250 e. The van der Waals surface area contributed by atoms with Crippen LogP contribution >= 0.6 is 34.8 Å². The molecular weight excluding hydrogens is 493 g/mol. The zero-order chi connectivity index (χ0) is 23.7. The number of carbonyl (C=O) groups is 1. The number of amides is 1. The van der Waals surface area contributed by atoms with Crippen molar-refractivity contribution in [2.24, 2.45) is 0 Å². The Bertz CT molecular complexity index is 1350. The Kier molecular flexibility index (Phi) is 6.34. The number of hydrogen-bond donors (Lipinski definition) is 1. The van der Waals surface area contributed by atoms with Gasteiger partial charge in [-0.15, -0.1) is 10.2 Å². The Morgan fingerprint density at radius 3 is 2.29 bits per heavy atom. The summed E-state index contributed by atoms with van der Waals surface area (Å²) in [6.45, 7) is 0. The van der Waals surface area contributed by atoms with E-state index < -0.39 is 5.41 Å². The van der Waals surface area contributed by atoms with Crippen LogP contribution in [0.3, 0.4) is 0 Å². The highest BCUT2D eigenvalue weighted by molar-refractivity contribution is 6.42. The molecule has 1 fully saturated rings. The van der Waals surface area contributed by atoms with E-state index in [-0.39, 0.29) is 5.91 Å². The lowest BCUT2D eigenvalue weighted by Gasteiger charge is -2.28. The molecule has 5 rings (SSSR count). The monoisotopic (exact) mass is 511 g/mol. The molecule has 8 heteroatoms. The second kappa shape index (κ2) is 9.41. The minimum Gasteiger partial charge on any atom is -0.416 e. The first-order valence-electron chi connectivity index (χ1n) is 10.9. The molecule has 1 aromatic heterocycles. The van der Waals surface area contributed by atoms with Gasteiger partial charge in [0, 0.05) is 10.6 Å². The average Bonchev–Trinajstić information content (AvgIpc) is 3.53. The molecule has 5 nitrogen and oxygen atoms in total. The van der Waals surface area contributed by atoms with Crippen LogP contribution in [0.4, 0.5) is 5.69 Å². The lowest BCUT2D eigenvalue weighted by Crippen LogP contribution is -2.38. The number of hydrogen-bond acceptors (Lipinski definition) is 4. The molecule has 1 aliphatic rings. The van der Waals surface area contributed by atoms with Crippen molar-refractivity contribution in [2.45, 2.75) is 31.1 Å². The fourth-order valence-electron chi connectivity index (χ4n) is 4.49. The maximum atomic E-state index is 13.7. The van der Waals surface area contributed by atoms with Crippen molar-refractivity contribution in [3.63, 3.8) is 0 Å². The van der Waals surface area contributed by atoms with E-state index in [2.05, 4.69) is 15.5 Å². The first kappa shape index (κ1) is 22.9. The summed E-state index contributed by atoms with van der Waals surface area (Å²) in [7, 11) is 0. The molecule has 0 unspecified atom stereocenters. The van der Waals surface area contributed by atoms with Gasteiger partial charge in [-0.1, -0.05) is 71.9 Å². The van der Waals surface area contributed by atoms with Gasteiger partial charge in [-0.3, -0.25) is 4.79 Å². The lowest BCUT2D eigenvalue weighted by atomic mass is 9.78. The van der Waals surface area contributed by atoms with Crippen molar-refractivity contribution in [2.75, 3.05) is 5.32 Å². The van der Waals surface area contributed by atoms with Crippen LogP contribution in [0, 0.1) is 0 Å². The zero-order valence-corrected chi connectivity index (χ0v) is 20.3. The summed E-state index contributed by atoms with van der Waals surface area (Å²) in [5.74, 6) is 0.552. The van der Waals surface area contributed by atoms with E-state index in [4.69, 9.17) is 39.2 Å². The third kappa shape index (κ3) is 4.31. The van der Waals surface area contributed by atoms with Crippen molar-refractivity contribution >= 4 is 46.4 Å². The van der Waals surface area contributed by atoms with Gasteiger partial charge in [0.25, 0.3) is 0 Å². The third-order valence-corrected chi connectivity index (χ3v) is 7.28. The zero-order valence-electron chi connectivity index (χ0n) is 18.0. The van der Waals surface area contributed by atoms with Crippen molar-refractivity contribution in [3.05, 3.63) is 87.4 Å². The number of nitrogens with one attached hydrogen (secondary N) is 1. The van der Waals surface area contributed by atoms with E-state index in [9.17, 15) is 4.79 Å². The molecule has 0 radical (unpaired) electrons. The van der Waals surface area contributed by atoms with E-state index in [0.717, 1.165) is 31.2 Å². The number of anilines is 1. The summed E-state index contributed by atoms with van der Waals surface area (Å²) in [5, 5.41) is 13.0. The van der Waals surface area contributed by atoms with Gasteiger partial charge in [0.1, 0.15) is 0 Å². The van der Waals surface area contributed by atoms with Gasteiger partial charge < -0.3 is 9.73 Å². The molecule has 1 saturated carbocycles.